The Kier molecular flexibility index (Phi) is 5.17. The largest absolute Gasteiger partial charge is 0.381 e. The Balaban J connectivity index is 1.52. The summed E-state index contributed by atoms with van der Waals surface area (Å²) in [5.41, 5.74) is 4.34. The molecule has 6 heteroatoms. The van der Waals surface area contributed by atoms with Gasteiger partial charge in [0.1, 0.15) is 0 Å². The van der Waals surface area contributed by atoms with E-state index in [0.29, 0.717) is 0 Å². The zero-order valence-corrected chi connectivity index (χ0v) is 16.6. The van der Waals surface area contributed by atoms with E-state index in [2.05, 4.69) is 33.6 Å². The third-order valence-electron chi connectivity index (χ3n) is 5.61. The number of pyridine rings is 1. The minimum absolute atomic E-state index is 0.0122. The molecule has 0 atom stereocenters. The van der Waals surface area contributed by atoms with E-state index >= 15 is 0 Å². The first kappa shape index (κ1) is 18.4. The van der Waals surface area contributed by atoms with E-state index in [1.807, 2.05) is 37.0 Å². The first-order chi connectivity index (χ1) is 13.1. The number of nitrogens with zero attached hydrogens (tertiary/aromatic N) is 3. The first-order valence-corrected chi connectivity index (χ1v) is 9.79. The van der Waals surface area contributed by atoms with Gasteiger partial charge >= 0.3 is 0 Å². The maximum Gasteiger partial charge on any atom is 0.157 e. The lowest BCUT2D eigenvalue weighted by Crippen LogP contribution is -2.42. The molecule has 5 nitrogen and oxygen atoms in total. The van der Waals surface area contributed by atoms with E-state index < -0.39 is 0 Å². The molecule has 0 bridgehead atoms. The van der Waals surface area contributed by atoms with Gasteiger partial charge in [-0.15, -0.1) is 0 Å². The summed E-state index contributed by atoms with van der Waals surface area (Å²) in [6.45, 7) is 5.20. The molecule has 0 amide bonds. The van der Waals surface area contributed by atoms with Crippen LogP contribution in [0.3, 0.4) is 0 Å². The number of nitrogens with one attached hydrogen (secondary N) is 1. The Morgan fingerprint density at radius 2 is 2.04 bits per heavy atom. The molecular weight excluding hydrogens is 360 g/mol. The van der Waals surface area contributed by atoms with Crippen LogP contribution in [0, 0.1) is 6.92 Å². The fourth-order valence-corrected chi connectivity index (χ4v) is 4.42. The maximum atomic E-state index is 6.54. The summed E-state index contributed by atoms with van der Waals surface area (Å²) < 4.78 is 7.45. The fraction of sp³-hybridized carbons (Fsp3) is 0.429. The molecule has 0 saturated carbocycles. The molecule has 1 aliphatic rings. The first-order valence-electron chi connectivity index (χ1n) is 9.41. The molecule has 142 valence electrons. The molecule has 27 heavy (non-hydrogen) atoms. The van der Waals surface area contributed by atoms with E-state index in [-0.39, 0.29) is 5.41 Å². The normalized spacial score (nSPS) is 16.7. The van der Waals surface area contributed by atoms with Crippen molar-refractivity contribution < 1.29 is 4.74 Å². The molecule has 1 saturated heterocycles. The standard InChI is InChI=1S/C21H25ClN4O/c1-15-17-11-16(13-24-20(17)26(2)25-15)12-23-14-21(7-9-27-10-8-21)18-5-3-4-6-19(18)22/h3-6,11,13,23H,7-10,12,14H2,1-2H3. The second-order valence-corrected chi connectivity index (χ2v) is 7.81. The van der Waals surface area contributed by atoms with Crippen LogP contribution in [0.5, 0.6) is 0 Å². The van der Waals surface area contributed by atoms with Crippen LogP contribution in [0.4, 0.5) is 0 Å². The van der Waals surface area contributed by atoms with Crippen molar-refractivity contribution in [2.24, 2.45) is 7.05 Å². The number of benzene rings is 1. The lowest BCUT2D eigenvalue weighted by Gasteiger charge is -2.38. The van der Waals surface area contributed by atoms with Crippen molar-refractivity contribution >= 4 is 22.6 Å². The lowest BCUT2D eigenvalue weighted by molar-refractivity contribution is 0.0498. The summed E-state index contributed by atoms with van der Waals surface area (Å²) in [6.07, 6.45) is 3.88. The molecular formula is C21H25ClN4O. The molecule has 2 aromatic heterocycles. The highest BCUT2D eigenvalue weighted by molar-refractivity contribution is 6.31. The number of hydrogen-bond donors (Lipinski definition) is 1. The SMILES string of the molecule is Cc1nn(C)c2ncc(CNCC3(c4ccccc4Cl)CCOCC3)cc12. The van der Waals surface area contributed by atoms with E-state index in [9.17, 15) is 0 Å². The molecule has 4 rings (SSSR count). The van der Waals surface area contributed by atoms with Crippen LogP contribution in [0.2, 0.25) is 5.02 Å². The van der Waals surface area contributed by atoms with Crippen LogP contribution < -0.4 is 5.32 Å². The Hall–Kier alpha value is -1.95. The van der Waals surface area contributed by atoms with Crippen LogP contribution in [0.25, 0.3) is 11.0 Å². The smallest absolute Gasteiger partial charge is 0.157 e. The van der Waals surface area contributed by atoms with Gasteiger partial charge < -0.3 is 10.1 Å². The second-order valence-electron chi connectivity index (χ2n) is 7.40. The van der Waals surface area contributed by atoms with Gasteiger partial charge in [-0.1, -0.05) is 29.8 Å². The average molecular weight is 385 g/mol. The molecule has 1 fully saturated rings. The van der Waals surface area contributed by atoms with Crippen LogP contribution in [0.15, 0.2) is 36.5 Å². The van der Waals surface area contributed by atoms with Gasteiger partial charge in [0.05, 0.1) is 5.69 Å². The zero-order valence-electron chi connectivity index (χ0n) is 15.8. The van der Waals surface area contributed by atoms with Crippen LogP contribution in [-0.4, -0.2) is 34.5 Å². The lowest BCUT2D eigenvalue weighted by atomic mass is 9.74. The second kappa shape index (κ2) is 7.58. The molecule has 0 unspecified atom stereocenters. The van der Waals surface area contributed by atoms with Gasteiger partial charge in [0, 0.05) is 55.4 Å². The topological polar surface area (TPSA) is 52.0 Å². The van der Waals surface area contributed by atoms with Crippen molar-refractivity contribution in [2.45, 2.75) is 31.7 Å². The van der Waals surface area contributed by atoms with Gasteiger partial charge in [-0.25, -0.2) is 4.98 Å². The Labute approximate surface area is 164 Å². The summed E-state index contributed by atoms with van der Waals surface area (Å²) in [4.78, 5) is 4.58. The van der Waals surface area contributed by atoms with Crippen molar-refractivity contribution in [3.63, 3.8) is 0 Å². The van der Waals surface area contributed by atoms with Crippen molar-refractivity contribution in [3.05, 3.63) is 58.4 Å². The fourth-order valence-electron chi connectivity index (χ4n) is 4.09. The molecule has 1 aromatic carbocycles. The van der Waals surface area contributed by atoms with Crippen LogP contribution >= 0.6 is 11.6 Å². The molecule has 0 radical (unpaired) electrons. The molecule has 3 aromatic rings. The van der Waals surface area contributed by atoms with Gasteiger partial charge in [0.15, 0.2) is 5.65 Å². The number of fused-ring (bicyclic) bond motifs is 1. The van der Waals surface area contributed by atoms with Crippen LogP contribution in [0.1, 0.15) is 29.7 Å². The van der Waals surface area contributed by atoms with Gasteiger partial charge in [-0.2, -0.15) is 5.10 Å². The van der Waals surface area contributed by atoms with Gasteiger partial charge in [-0.3, -0.25) is 4.68 Å². The minimum Gasteiger partial charge on any atom is -0.381 e. The molecule has 3 heterocycles. The van der Waals surface area contributed by atoms with E-state index in [4.69, 9.17) is 16.3 Å². The predicted octanol–water partition coefficient (Wildman–Crippen LogP) is 3.77. The van der Waals surface area contributed by atoms with Crippen molar-refractivity contribution in [1.29, 1.82) is 0 Å². The number of ether oxygens (including phenoxy) is 1. The van der Waals surface area contributed by atoms with E-state index in [1.54, 1.807) is 0 Å². The van der Waals surface area contributed by atoms with E-state index in [1.165, 1.54) is 11.1 Å². The number of halogens is 1. The predicted molar refractivity (Wildman–Crippen MR) is 108 cm³/mol. The van der Waals surface area contributed by atoms with Gasteiger partial charge in [0.2, 0.25) is 0 Å². The van der Waals surface area contributed by atoms with Gasteiger partial charge in [-0.05, 0) is 43.0 Å². The summed E-state index contributed by atoms with van der Waals surface area (Å²) in [6, 6.07) is 10.4. The maximum absolute atomic E-state index is 6.54. The highest BCUT2D eigenvalue weighted by atomic mass is 35.5. The van der Waals surface area contributed by atoms with Crippen LogP contribution in [-0.2, 0) is 23.7 Å². The summed E-state index contributed by atoms with van der Waals surface area (Å²) in [5, 5.41) is 10.1. The quantitative estimate of drug-likeness (QED) is 0.727. The Morgan fingerprint density at radius 1 is 1.26 bits per heavy atom. The summed E-state index contributed by atoms with van der Waals surface area (Å²) in [7, 11) is 1.93. The van der Waals surface area contributed by atoms with Crippen molar-refractivity contribution in [2.75, 3.05) is 19.8 Å². The minimum atomic E-state index is 0.0122. The highest BCUT2D eigenvalue weighted by Gasteiger charge is 2.35. The number of aryl methyl sites for hydroxylation is 2. The molecule has 0 spiro atoms. The summed E-state index contributed by atoms with van der Waals surface area (Å²) >= 11 is 6.54. The average Bonchev–Trinajstić information content (AvgIpc) is 2.96. The molecule has 0 aliphatic carbocycles. The molecule has 1 N–H and O–H groups in total. The number of aromatic nitrogens is 3. The van der Waals surface area contributed by atoms with Gasteiger partial charge in [0.25, 0.3) is 0 Å². The third kappa shape index (κ3) is 3.59. The Morgan fingerprint density at radius 3 is 2.81 bits per heavy atom. The Bertz CT molecular complexity index is 947. The van der Waals surface area contributed by atoms with E-state index in [0.717, 1.165) is 60.9 Å². The van der Waals surface area contributed by atoms with Crippen molar-refractivity contribution in [3.8, 4) is 0 Å². The molecule has 1 aliphatic heterocycles. The van der Waals surface area contributed by atoms with Crippen molar-refractivity contribution in [1.82, 2.24) is 20.1 Å². The monoisotopic (exact) mass is 384 g/mol. The highest BCUT2D eigenvalue weighted by Crippen LogP contribution is 2.38. The summed E-state index contributed by atoms with van der Waals surface area (Å²) in [5.74, 6) is 0. The zero-order chi connectivity index (χ0) is 18.9. The number of rotatable bonds is 5. The number of hydrogen-bond acceptors (Lipinski definition) is 4. The third-order valence-corrected chi connectivity index (χ3v) is 5.94.